The third-order valence-corrected chi connectivity index (χ3v) is 6.54. The summed E-state index contributed by atoms with van der Waals surface area (Å²) in [6.45, 7) is 2.29. The van der Waals surface area contributed by atoms with Crippen LogP contribution in [0.2, 0.25) is 10.0 Å². The van der Waals surface area contributed by atoms with Crippen molar-refractivity contribution in [2.45, 2.75) is 45.6 Å². The molecule has 2 aromatic rings. The van der Waals surface area contributed by atoms with Crippen molar-refractivity contribution in [3.63, 3.8) is 0 Å². The molecule has 1 fully saturated rings. The highest BCUT2D eigenvalue weighted by Gasteiger charge is 2.48. The van der Waals surface area contributed by atoms with Gasteiger partial charge in [0.15, 0.2) is 6.61 Å². The van der Waals surface area contributed by atoms with E-state index in [4.69, 9.17) is 27.9 Å². The quantitative estimate of drug-likeness (QED) is 0.601. The summed E-state index contributed by atoms with van der Waals surface area (Å²) in [5, 5.41) is 27.6. The zero-order valence-electron chi connectivity index (χ0n) is 14.3. The Bertz CT molecular complexity index is 849. The monoisotopic (exact) mass is 395 g/mol. The van der Waals surface area contributed by atoms with Crippen LogP contribution in [-0.2, 0) is 13.0 Å². The normalized spacial score (nSPS) is 24.3. The van der Waals surface area contributed by atoms with Gasteiger partial charge in [0.05, 0.1) is 10.7 Å². The number of rotatable bonds is 4. The fourth-order valence-corrected chi connectivity index (χ4v) is 4.88. The molecular weight excluding hydrogens is 377 g/mol. The van der Waals surface area contributed by atoms with Gasteiger partial charge in [0, 0.05) is 11.0 Å². The second kappa shape index (κ2) is 6.70. The van der Waals surface area contributed by atoms with Crippen molar-refractivity contribution < 1.29 is 9.94 Å². The first-order valence-electron chi connectivity index (χ1n) is 8.63. The van der Waals surface area contributed by atoms with Crippen molar-refractivity contribution in [2.24, 2.45) is 16.5 Å². The second-order valence-corrected chi connectivity index (χ2v) is 7.93. The Balaban J connectivity index is 1.69. The molecule has 1 saturated carbocycles. The van der Waals surface area contributed by atoms with Gasteiger partial charge in [-0.2, -0.15) is 5.21 Å². The highest BCUT2D eigenvalue weighted by molar-refractivity contribution is 6.45. The lowest BCUT2D eigenvalue weighted by Gasteiger charge is -2.31. The van der Waals surface area contributed by atoms with Crippen LogP contribution in [0.4, 0.5) is 0 Å². The second-order valence-electron chi connectivity index (χ2n) is 7.18. The minimum atomic E-state index is -0.243. The fourth-order valence-electron chi connectivity index (χ4n) is 4.37. The molecule has 1 heterocycles. The first kappa shape index (κ1) is 17.5. The van der Waals surface area contributed by atoms with E-state index < -0.39 is 0 Å². The minimum Gasteiger partial charge on any atom is -0.484 e. The summed E-state index contributed by atoms with van der Waals surface area (Å²) >= 11 is 13.0. The number of nitrogens with one attached hydrogen (secondary N) is 1. The Morgan fingerprint density at radius 1 is 1.35 bits per heavy atom. The van der Waals surface area contributed by atoms with Crippen molar-refractivity contribution in [1.29, 1.82) is 0 Å². The minimum absolute atomic E-state index is 0.131. The third kappa shape index (κ3) is 2.74. The smallest absolute Gasteiger partial charge is 0.211 e. The Labute approximate surface area is 160 Å². The van der Waals surface area contributed by atoms with E-state index >= 15 is 0 Å². The lowest BCUT2D eigenvalue weighted by Crippen LogP contribution is -2.32. The van der Waals surface area contributed by atoms with Crippen LogP contribution >= 0.6 is 23.2 Å². The molecule has 0 spiro atoms. The van der Waals surface area contributed by atoms with Crippen LogP contribution in [-0.4, -0.2) is 31.5 Å². The Kier molecular flexibility index (Phi) is 4.52. The van der Waals surface area contributed by atoms with E-state index in [0.29, 0.717) is 33.2 Å². The van der Waals surface area contributed by atoms with Crippen LogP contribution in [0.1, 0.15) is 49.6 Å². The summed E-state index contributed by atoms with van der Waals surface area (Å²) in [6.07, 6.45) is 5.44. The number of hydrogen-bond donors (Lipinski definition) is 2. The van der Waals surface area contributed by atoms with Crippen LogP contribution in [0.5, 0.6) is 5.75 Å². The van der Waals surface area contributed by atoms with Gasteiger partial charge in [0.2, 0.25) is 5.82 Å². The fraction of sp³-hybridized carbons (Fsp3) is 0.529. The number of halogens is 2. The van der Waals surface area contributed by atoms with Gasteiger partial charge in [-0.05, 0) is 36.8 Å². The summed E-state index contributed by atoms with van der Waals surface area (Å²) in [5.74, 6) is 1.36. The first-order chi connectivity index (χ1) is 12.5. The van der Waals surface area contributed by atoms with E-state index in [0.717, 1.165) is 30.4 Å². The number of tetrazole rings is 1. The van der Waals surface area contributed by atoms with E-state index in [1.54, 1.807) is 0 Å². The molecule has 9 heteroatoms. The summed E-state index contributed by atoms with van der Waals surface area (Å²) in [5.41, 5.74) is 2.12. The third-order valence-electron chi connectivity index (χ3n) is 5.69. The van der Waals surface area contributed by atoms with Crippen LogP contribution in [0.25, 0.3) is 0 Å². The SMILES string of the molecule is CC1(C2CCCC2)Cc2cc(OCc3nn[nH]n3)c(Cl)c(Cl)c2/C1=N\O. The molecule has 4 rings (SSSR count). The van der Waals surface area contributed by atoms with Crippen LogP contribution < -0.4 is 4.74 Å². The molecule has 2 aliphatic rings. The Hall–Kier alpha value is -1.86. The van der Waals surface area contributed by atoms with E-state index in [9.17, 15) is 5.21 Å². The first-order valence-corrected chi connectivity index (χ1v) is 9.39. The number of oxime groups is 1. The standard InChI is InChI=1S/C17H19Cl2N5O2/c1-17(10-4-2-3-5-10)7-9-6-11(26-8-12-20-23-24-21-12)14(18)15(19)13(9)16(17)22-25/h6,10,25H,2-5,7-8H2,1H3,(H,20,21,23,24)/b22-16+. The van der Waals surface area contributed by atoms with Crippen molar-refractivity contribution in [1.82, 2.24) is 20.6 Å². The number of hydrogen-bond acceptors (Lipinski definition) is 6. The predicted octanol–water partition coefficient (Wildman–Crippen LogP) is 4.02. The average Bonchev–Trinajstić information content (AvgIpc) is 3.36. The lowest BCUT2D eigenvalue weighted by atomic mass is 9.72. The number of fused-ring (bicyclic) bond motifs is 1. The molecular formula is C17H19Cl2N5O2. The van der Waals surface area contributed by atoms with E-state index in [1.165, 1.54) is 12.8 Å². The molecule has 2 N–H and O–H groups in total. The molecule has 1 aromatic carbocycles. The lowest BCUT2D eigenvalue weighted by molar-refractivity contribution is 0.267. The van der Waals surface area contributed by atoms with E-state index in [1.807, 2.05) is 6.07 Å². The maximum Gasteiger partial charge on any atom is 0.211 e. The van der Waals surface area contributed by atoms with Gasteiger partial charge in [-0.15, -0.1) is 10.2 Å². The van der Waals surface area contributed by atoms with Gasteiger partial charge in [-0.1, -0.05) is 53.3 Å². The molecule has 7 nitrogen and oxygen atoms in total. The summed E-state index contributed by atoms with van der Waals surface area (Å²) in [4.78, 5) is 0. The topological polar surface area (TPSA) is 96.3 Å². The molecule has 26 heavy (non-hydrogen) atoms. The summed E-state index contributed by atoms with van der Waals surface area (Å²) < 4.78 is 5.75. The van der Waals surface area contributed by atoms with Crippen LogP contribution in [0.15, 0.2) is 11.2 Å². The largest absolute Gasteiger partial charge is 0.484 e. The molecule has 0 aliphatic heterocycles. The molecule has 138 valence electrons. The van der Waals surface area contributed by atoms with Crippen LogP contribution in [0, 0.1) is 11.3 Å². The van der Waals surface area contributed by atoms with Gasteiger partial charge in [0.1, 0.15) is 10.8 Å². The van der Waals surface area contributed by atoms with Crippen LogP contribution in [0.3, 0.4) is 0 Å². The molecule has 0 radical (unpaired) electrons. The van der Waals surface area contributed by atoms with Crippen molar-refractivity contribution in [3.8, 4) is 5.75 Å². The van der Waals surface area contributed by atoms with E-state index in [-0.39, 0.29) is 12.0 Å². The maximum absolute atomic E-state index is 9.75. The average molecular weight is 396 g/mol. The number of benzene rings is 1. The van der Waals surface area contributed by atoms with Crippen molar-refractivity contribution in [3.05, 3.63) is 33.1 Å². The summed E-state index contributed by atoms with van der Waals surface area (Å²) in [7, 11) is 0. The highest BCUT2D eigenvalue weighted by Crippen LogP contribution is 2.52. The van der Waals surface area contributed by atoms with Gasteiger partial charge < -0.3 is 9.94 Å². The number of nitrogens with zero attached hydrogens (tertiary/aromatic N) is 4. The summed E-state index contributed by atoms with van der Waals surface area (Å²) in [6, 6.07) is 1.88. The molecule has 1 atom stereocenters. The van der Waals surface area contributed by atoms with Gasteiger partial charge in [-0.25, -0.2) is 0 Å². The highest BCUT2D eigenvalue weighted by atomic mass is 35.5. The maximum atomic E-state index is 9.75. The number of ether oxygens (including phenoxy) is 1. The zero-order valence-corrected chi connectivity index (χ0v) is 15.8. The molecule has 0 saturated heterocycles. The van der Waals surface area contributed by atoms with Gasteiger partial charge in [-0.3, -0.25) is 0 Å². The molecule has 2 aliphatic carbocycles. The Morgan fingerprint density at radius 3 is 2.77 bits per heavy atom. The van der Waals surface area contributed by atoms with E-state index in [2.05, 4.69) is 32.7 Å². The van der Waals surface area contributed by atoms with Gasteiger partial charge in [0.25, 0.3) is 0 Å². The number of aromatic nitrogens is 4. The zero-order chi connectivity index (χ0) is 18.3. The molecule has 1 aromatic heterocycles. The molecule has 0 amide bonds. The van der Waals surface area contributed by atoms with Crippen molar-refractivity contribution >= 4 is 28.9 Å². The Morgan fingerprint density at radius 2 is 2.12 bits per heavy atom. The molecule has 1 unspecified atom stereocenters. The van der Waals surface area contributed by atoms with Gasteiger partial charge >= 0.3 is 0 Å². The number of H-pyrrole nitrogens is 1. The van der Waals surface area contributed by atoms with Crippen molar-refractivity contribution in [2.75, 3.05) is 0 Å². The number of aromatic amines is 1. The predicted molar refractivity (Wildman–Crippen MR) is 97.1 cm³/mol. The molecule has 0 bridgehead atoms.